The number of allylic oxidation sites excluding steroid dienone is 1. The third-order valence-corrected chi connectivity index (χ3v) is 8.98. The number of aryl methyl sites for hydroxylation is 1. The number of anilines is 1. The Morgan fingerprint density at radius 3 is 2.49 bits per heavy atom. The van der Waals surface area contributed by atoms with E-state index in [1.54, 1.807) is 26.1 Å². The first-order chi connectivity index (χ1) is 20.7. The maximum Gasteiger partial charge on any atom is 0.330 e. The average molecular weight is 593 g/mol. The molecule has 4 aliphatic rings. The van der Waals surface area contributed by atoms with Crippen LogP contribution in [-0.4, -0.2) is 56.5 Å². The van der Waals surface area contributed by atoms with Crippen molar-refractivity contribution in [2.75, 3.05) is 11.9 Å². The van der Waals surface area contributed by atoms with Crippen LogP contribution in [0.25, 0.3) is 0 Å². The molecule has 4 aliphatic carbocycles. The van der Waals surface area contributed by atoms with E-state index in [0.29, 0.717) is 11.8 Å². The Morgan fingerprint density at radius 1 is 1.12 bits per heavy atom. The monoisotopic (exact) mass is 592 g/mol. The van der Waals surface area contributed by atoms with Crippen LogP contribution in [0.2, 0.25) is 0 Å². The van der Waals surface area contributed by atoms with Crippen LogP contribution < -0.4 is 21.5 Å². The van der Waals surface area contributed by atoms with Gasteiger partial charge < -0.3 is 29.8 Å². The number of ether oxygens (including phenoxy) is 1. The zero-order valence-electron chi connectivity index (χ0n) is 24.7. The van der Waals surface area contributed by atoms with Gasteiger partial charge >= 0.3 is 5.97 Å². The predicted molar refractivity (Wildman–Crippen MR) is 158 cm³/mol. The van der Waals surface area contributed by atoms with Crippen LogP contribution in [0, 0.1) is 23.7 Å². The van der Waals surface area contributed by atoms with Gasteiger partial charge in [-0.15, -0.1) is 0 Å². The normalized spacial score (nSPS) is 24.5. The third-order valence-electron chi connectivity index (χ3n) is 8.98. The number of hydrogen-bond acceptors (Lipinski definition) is 7. The van der Waals surface area contributed by atoms with Gasteiger partial charge in [-0.25, -0.2) is 9.78 Å². The molecule has 0 aromatic carbocycles. The van der Waals surface area contributed by atoms with Crippen LogP contribution in [0.5, 0.6) is 0 Å². The Bertz CT molecular complexity index is 1420. The molecule has 0 unspecified atom stereocenters. The molecule has 0 aliphatic heterocycles. The van der Waals surface area contributed by atoms with E-state index in [2.05, 4.69) is 20.9 Å². The van der Waals surface area contributed by atoms with Gasteiger partial charge in [0.25, 0.3) is 11.5 Å². The number of carbonyl (C=O) groups is 4. The highest BCUT2D eigenvalue weighted by Gasteiger charge is 2.48. The summed E-state index contributed by atoms with van der Waals surface area (Å²) >= 11 is 0. The van der Waals surface area contributed by atoms with Crippen LogP contribution in [0.1, 0.15) is 62.4 Å². The SMILES string of the molecule is CCOC(=O)/C=C/CC[C@H](NC(=O)c1cncn1C)C(=O)Nc1cccn(CC(=O)NC2C3CC4CC(C3)CC2C4)c1=O. The van der Waals surface area contributed by atoms with Crippen molar-refractivity contribution < 1.29 is 23.9 Å². The third kappa shape index (κ3) is 7.23. The second kappa shape index (κ2) is 13.4. The highest BCUT2D eigenvalue weighted by Crippen LogP contribution is 2.53. The number of rotatable bonds is 12. The number of amides is 3. The van der Waals surface area contributed by atoms with E-state index in [4.69, 9.17) is 4.74 Å². The van der Waals surface area contributed by atoms with Crippen LogP contribution in [0.15, 0.2) is 47.8 Å². The number of pyridine rings is 1. The lowest BCUT2D eigenvalue weighted by Crippen LogP contribution is -2.56. The molecule has 0 saturated heterocycles. The average Bonchev–Trinajstić information content (AvgIpc) is 3.40. The summed E-state index contributed by atoms with van der Waals surface area (Å²) < 4.78 is 7.68. The highest BCUT2D eigenvalue weighted by atomic mass is 16.5. The summed E-state index contributed by atoms with van der Waals surface area (Å²) in [5.41, 5.74) is -0.265. The second-order valence-electron chi connectivity index (χ2n) is 12.0. The van der Waals surface area contributed by atoms with E-state index in [0.717, 1.165) is 11.8 Å². The van der Waals surface area contributed by atoms with Crippen molar-refractivity contribution in [2.24, 2.45) is 30.7 Å². The van der Waals surface area contributed by atoms with Gasteiger partial charge in [0.1, 0.15) is 24.0 Å². The minimum absolute atomic E-state index is 0.00299. The van der Waals surface area contributed by atoms with Gasteiger partial charge in [-0.1, -0.05) is 6.08 Å². The maximum atomic E-state index is 13.3. The topological polar surface area (TPSA) is 153 Å². The number of esters is 1. The van der Waals surface area contributed by atoms with Gasteiger partial charge in [-0.05, 0) is 87.7 Å². The van der Waals surface area contributed by atoms with Crippen molar-refractivity contribution in [2.45, 2.75) is 70.5 Å². The Kier molecular flexibility index (Phi) is 9.42. The Labute approximate surface area is 250 Å². The predicted octanol–water partition coefficient (Wildman–Crippen LogP) is 2.16. The van der Waals surface area contributed by atoms with Crippen LogP contribution in [0.3, 0.4) is 0 Å². The molecule has 4 bridgehead atoms. The minimum atomic E-state index is -1.03. The van der Waals surface area contributed by atoms with Gasteiger partial charge in [-0.2, -0.15) is 0 Å². The number of carbonyl (C=O) groups excluding carboxylic acids is 4. The molecule has 230 valence electrons. The number of hydrogen-bond donors (Lipinski definition) is 3. The summed E-state index contributed by atoms with van der Waals surface area (Å²) in [6.07, 6.45) is 13.7. The Hall–Kier alpha value is -4.22. The van der Waals surface area contributed by atoms with Crippen LogP contribution in [-0.2, 0) is 32.7 Å². The van der Waals surface area contributed by atoms with E-state index in [-0.39, 0.29) is 49.3 Å². The van der Waals surface area contributed by atoms with Crippen LogP contribution >= 0.6 is 0 Å². The summed E-state index contributed by atoms with van der Waals surface area (Å²) in [6, 6.07) is 2.20. The van der Waals surface area contributed by atoms with E-state index >= 15 is 0 Å². The molecular weight excluding hydrogens is 552 g/mol. The zero-order chi connectivity index (χ0) is 30.5. The molecule has 6 rings (SSSR count). The fourth-order valence-corrected chi connectivity index (χ4v) is 7.23. The van der Waals surface area contributed by atoms with Gasteiger partial charge in [0.15, 0.2) is 0 Å². The van der Waals surface area contributed by atoms with E-state index < -0.39 is 29.4 Å². The van der Waals surface area contributed by atoms with Gasteiger partial charge in [-0.3, -0.25) is 19.2 Å². The van der Waals surface area contributed by atoms with E-state index in [1.807, 2.05) is 0 Å². The molecular formula is C31H40N6O6. The molecule has 1 atom stereocenters. The lowest BCUT2D eigenvalue weighted by atomic mass is 9.54. The number of nitrogens with zero attached hydrogens (tertiary/aromatic N) is 3. The molecule has 3 amide bonds. The first-order valence-corrected chi connectivity index (χ1v) is 15.1. The number of aromatic nitrogens is 3. The van der Waals surface area contributed by atoms with Gasteiger partial charge in [0, 0.05) is 25.4 Å². The lowest BCUT2D eigenvalue weighted by Gasteiger charge is -2.54. The summed E-state index contributed by atoms with van der Waals surface area (Å²) in [6.45, 7) is 1.80. The Morgan fingerprint density at radius 2 is 1.84 bits per heavy atom. The van der Waals surface area contributed by atoms with E-state index in [9.17, 15) is 24.0 Å². The molecule has 12 heteroatoms. The lowest BCUT2D eigenvalue weighted by molar-refractivity contribution is -0.137. The van der Waals surface area contributed by atoms with Crippen molar-refractivity contribution >= 4 is 29.4 Å². The Balaban J connectivity index is 1.23. The highest BCUT2D eigenvalue weighted by molar-refractivity contribution is 6.00. The number of imidazole rings is 1. The molecule has 43 heavy (non-hydrogen) atoms. The molecule has 2 aromatic heterocycles. The smallest absolute Gasteiger partial charge is 0.330 e. The van der Waals surface area contributed by atoms with Crippen LogP contribution in [0.4, 0.5) is 5.69 Å². The van der Waals surface area contributed by atoms with Gasteiger partial charge in [0.05, 0.1) is 19.1 Å². The molecule has 3 N–H and O–H groups in total. The molecule has 0 radical (unpaired) electrons. The van der Waals surface area contributed by atoms with E-state index in [1.165, 1.54) is 72.1 Å². The fourth-order valence-electron chi connectivity index (χ4n) is 7.23. The zero-order valence-corrected chi connectivity index (χ0v) is 24.7. The quantitative estimate of drug-likeness (QED) is 0.252. The molecule has 4 fully saturated rings. The van der Waals surface area contributed by atoms with Gasteiger partial charge in [0.2, 0.25) is 11.8 Å². The molecule has 4 saturated carbocycles. The van der Waals surface area contributed by atoms with Crippen molar-refractivity contribution in [3.8, 4) is 0 Å². The molecule has 12 nitrogen and oxygen atoms in total. The first-order valence-electron chi connectivity index (χ1n) is 15.1. The molecule has 2 aromatic rings. The number of nitrogens with one attached hydrogen (secondary N) is 3. The second-order valence-corrected chi connectivity index (χ2v) is 12.0. The summed E-state index contributed by atoms with van der Waals surface area (Å²) in [7, 11) is 1.66. The molecule has 2 heterocycles. The summed E-state index contributed by atoms with van der Waals surface area (Å²) in [5, 5.41) is 8.54. The first kappa shape index (κ1) is 30.2. The van der Waals surface area contributed by atoms with Crippen molar-refractivity contribution in [3.63, 3.8) is 0 Å². The fraction of sp³-hybridized carbons (Fsp3) is 0.548. The summed E-state index contributed by atoms with van der Waals surface area (Å²) in [5.74, 6) is 0.808. The van der Waals surface area contributed by atoms with Crippen molar-refractivity contribution in [3.05, 3.63) is 59.1 Å². The summed E-state index contributed by atoms with van der Waals surface area (Å²) in [4.78, 5) is 68.1. The maximum absolute atomic E-state index is 13.3. The minimum Gasteiger partial charge on any atom is -0.463 e. The molecule has 0 spiro atoms. The standard InChI is InChI=1S/C31H40N6O6/c1-3-43-27(39)9-5-4-7-23(33-30(41)25-16-32-18-36(25)2)29(40)34-24-8-6-10-37(31(24)42)17-26(38)35-28-21-12-19-11-20(14-21)15-22(28)13-19/h5-6,8-10,16,18-23,28H,3-4,7,11-15,17H2,1-2H3,(H,33,41)(H,34,40)(H,35,38)/b9-5+/t19?,20?,21?,22?,23-,28?/m0/s1. The van der Waals surface area contributed by atoms with Crippen molar-refractivity contribution in [1.29, 1.82) is 0 Å². The van der Waals surface area contributed by atoms with Crippen molar-refractivity contribution in [1.82, 2.24) is 24.8 Å². The largest absolute Gasteiger partial charge is 0.463 e.